The van der Waals surface area contributed by atoms with E-state index in [1.54, 1.807) is 0 Å². The molecule has 130 valence electrons. The lowest BCUT2D eigenvalue weighted by Crippen LogP contribution is -2.56. The summed E-state index contributed by atoms with van der Waals surface area (Å²) in [5.41, 5.74) is 0.579. The Morgan fingerprint density at radius 2 is 1.65 bits per heavy atom. The smallest absolute Gasteiger partial charge is 0.0759 e. The van der Waals surface area contributed by atoms with Gasteiger partial charge in [0.25, 0.3) is 0 Å². The molecule has 3 N–H and O–H groups in total. The Kier molecular flexibility index (Phi) is 3.38. The Bertz CT molecular complexity index is 539. The molecule has 0 radical (unpaired) electrons. The average molecular weight is 320 g/mol. The maximum Gasteiger partial charge on any atom is 0.0759 e. The molecule has 4 aliphatic rings. The molecule has 0 aromatic carbocycles. The van der Waals surface area contributed by atoms with Crippen LogP contribution in [0.5, 0.6) is 0 Å². The van der Waals surface area contributed by atoms with Gasteiger partial charge in [-0.05, 0) is 86.0 Å². The summed E-state index contributed by atoms with van der Waals surface area (Å²) in [7, 11) is 0. The van der Waals surface area contributed by atoms with Gasteiger partial charge in [-0.2, -0.15) is 0 Å². The zero-order valence-electron chi connectivity index (χ0n) is 14.8. The van der Waals surface area contributed by atoms with E-state index in [4.69, 9.17) is 0 Å². The third-order valence-corrected chi connectivity index (χ3v) is 8.66. The highest BCUT2D eigenvalue weighted by Crippen LogP contribution is 2.67. The summed E-state index contributed by atoms with van der Waals surface area (Å²) in [5.74, 6) is 1.63. The standard InChI is InChI=1S/C20H32O3/c1-18-7-4-12(21)10-16(18)17(22)11-13-14(18)5-8-19(2)15(13)6-9-20(19,3)23/h10,12-15,17,21-23H,4-9,11H2,1-3H3/t12-,13-,14+,15-,17+,18+,19-,20-/m0/s1. The van der Waals surface area contributed by atoms with Crippen molar-refractivity contribution in [3.8, 4) is 0 Å². The average Bonchev–Trinajstić information content (AvgIpc) is 2.72. The van der Waals surface area contributed by atoms with Crippen molar-refractivity contribution >= 4 is 0 Å². The molecule has 0 aromatic heterocycles. The minimum Gasteiger partial charge on any atom is -0.390 e. The SMILES string of the molecule is C[C@]12CC[C@H](O)C=C1[C@H](O)C[C@H]1[C@H]2CC[C@@]2(C)[C@H]1CC[C@]2(C)O. The van der Waals surface area contributed by atoms with Gasteiger partial charge in [0.05, 0.1) is 17.8 Å². The molecule has 0 aliphatic heterocycles. The van der Waals surface area contributed by atoms with E-state index in [0.29, 0.717) is 17.8 Å². The van der Waals surface area contributed by atoms with E-state index in [0.717, 1.165) is 50.5 Å². The van der Waals surface area contributed by atoms with Gasteiger partial charge in [-0.3, -0.25) is 0 Å². The molecule has 0 heterocycles. The van der Waals surface area contributed by atoms with E-state index < -0.39 is 11.7 Å². The van der Waals surface area contributed by atoms with E-state index in [2.05, 4.69) is 13.8 Å². The van der Waals surface area contributed by atoms with Crippen LogP contribution in [0, 0.1) is 28.6 Å². The molecule has 0 saturated heterocycles. The van der Waals surface area contributed by atoms with Crippen molar-refractivity contribution < 1.29 is 15.3 Å². The summed E-state index contributed by atoms with van der Waals surface area (Å²) in [4.78, 5) is 0. The highest BCUT2D eigenvalue weighted by molar-refractivity contribution is 5.29. The van der Waals surface area contributed by atoms with Crippen LogP contribution in [0.3, 0.4) is 0 Å². The predicted octanol–water partition coefficient (Wildman–Crippen LogP) is 3.03. The van der Waals surface area contributed by atoms with Crippen LogP contribution in [-0.4, -0.2) is 33.1 Å². The first kappa shape index (κ1) is 16.1. The molecule has 3 saturated carbocycles. The summed E-state index contributed by atoms with van der Waals surface area (Å²) >= 11 is 0. The molecule has 3 nitrogen and oxygen atoms in total. The van der Waals surface area contributed by atoms with E-state index in [-0.39, 0.29) is 16.9 Å². The third kappa shape index (κ3) is 1.99. The fraction of sp³-hybridized carbons (Fsp3) is 0.900. The third-order valence-electron chi connectivity index (χ3n) is 8.66. The van der Waals surface area contributed by atoms with Gasteiger partial charge < -0.3 is 15.3 Å². The number of aliphatic hydroxyl groups is 3. The second kappa shape index (κ2) is 4.83. The molecule has 0 aromatic rings. The van der Waals surface area contributed by atoms with Crippen LogP contribution in [0.25, 0.3) is 0 Å². The fourth-order valence-corrected chi connectivity index (χ4v) is 7.00. The lowest BCUT2D eigenvalue weighted by Gasteiger charge is -2.60. The molecular formula is C20H32O3. The molecule has 3 fully saturated rings. The largest absolute Gasteiger partial charge is 0.390 e. The van der Waals surface area contributed by atoms with Crippen LogP contribution >= 0.6 is 0 Å². The van der Waals surface area contributed by atoms with Crippen molar-refractivity contribution in [1.29, 1.82) is 0 Å². The summed E-state index contributed by atoms with van der Waals surface area (Å²) < 4.78 is 0. The van der Waals surface area contributed by atoms with Gasteiger partial charge in [-0.15, -0.1) is 0 Å². The quantitative estimate of drug-likeness (QED) is 0.601. The van der Waals surface area contributed by atoms with Gasteiger partial charge in [0.15, 0.2) is 0 Å². The van der Waals surface area contributed by atoms with Crippen molar-refractivity contribution in [2.45, 2.75) is 83.5 Å². The lowest BCUT2D eigenvalue weighted by atomic mass is 9.46. The van der Waals surface area contributed by atoms with Crippen LogP contribution in [0.4, 0.5) is 0 Å². The van der Waals surface area contributed by atoms with Crippen molar-refractivity contribution in [3.63, 3.8) is 0 Å². The number of aliphatic hydroxyl groups excluding tert-OH is 2. The topological polar surface area (TPSA) is 60.7 Å². The van der Waals surface area contributed by atoms with Crippen molar-refractivity contribution in [2.24, 2.45) is 28.6 Å². The maximum absolute atomic E-state index is 10.9. The monoisotopic (exact) mass is 320 g/mol. The summed E-state index contributed by atoms with van der Waals surface area (Å²) in [5, 5.41) is 31.8. The fourth-order valence-electron chi connectivity index (χ4n) is 7.00. The minimum absolute atomic E-state index is 0.000352. The molecule has 0 unspecified atom stereocenters. The van der Waals surface area contributed by atoms with Gasteiger partial charge in [0.2, 0.25) is 0 Å². The van der Waals surface area contributed by atoms with Crippen LogP contribution in [0.1, 0.15) is 65.7 Å². The Morgan fingerprint density at radius 3 is 2.39 bits per heavy atom. The van der Waals surface area contributed by atoms with Crippen LogP contribution in [0.15, 0.2) is 11.6 Å². The molecule has 4 aliphatic carbocycles. The molecule has 4 rings (SSSR count). The molecular weight excluding hydrogens is 288 g/mol. The van der Waals surface area contributed by atoms with E-state index >= 15 is 0 Å². The zero-order valence-corrected chi connectivity index (χ0v) is 14.8. The number of hydrogen-bond donors (Lipinski definition) is 3. The molecule has 0 spiro atoms. The normalized spacial score (nSPS) is 58.9. The summed E-state index contributed by atoms with van der Waals surface area (Å²) in [6.45, 7) is 6.63. The Labute approximate surface area is 139 Å². The maximum atomic E-state index is 10.9. The van der Waals surface area contributed by atoms with E-state index in [1.165, 1.54) is 0 Å². The summed E-state index contributed by atoms with van der Waals surface area (Å²) in [6.07, 6.45) is 7.99. The second-order valence-corrected chi connectivity index (χ2v) is 9.54. The number of hydrogen-bond acceptors (Lipinski definition) is 3. The van der Waals surface area contributed by atoms with Crippen LogP contribution in [0.2, 0.25) is 0 Å². The first-order chi connectivity index (χ1) is 10.7. The van der Waals surface area contributed by atoms with Crippen molar-refractivity contribution in [3.05, 3.63) is 11.6 Å². The highest BCUT2D eigenvalue weighted by Gasteiger charge is 2.63. The van der Waals surface area contributed by atoms with Gasteiger partial charge >= 0.3 is 0 Å². The molecule has 3 heteroatoms. The van der Waals surface area contributed by atoms with E-state index in [1.807, 2.05) is 13.0 Å². The second-order valence-electron chi connectivity index (χ2n) is 9.54. The number of rotatable bonds is 0. The minimum atomic E-state index is -0.562. The Balaban J connectivity index is 1.72. The summed E-state index contributed by atoms with van der Waals surface area (Å²) in [6, 6.07) is 0. The van der Waals surface area contributed by atoms with Crippen molar-refractivity contribution in [1.82, 2.24) is 0 Å². The highest BCUT2D eigenvalue weighted by atomic mass is 16.3. The molecule has 8 atom stereocenters. The predicted molar refractivity (Wildman–Crippen MR) is 89.7 cm³/mol. The Morgan fingerprint density at radius 1 is 0.957 bits per heavy atom. The molecule has 0 amide bonds. The van der Waals surface area contributed by atoms with Gasteiger partial charge in [-0.1, -0.05) is 19.9 Å². The van der Waals surface area contributed by atoms with Gasteiger partial charge in [0, 0.05) is 0 Å². The number of fused-ring (bicyclic) bond motifs is 5. The van der Waals surface area contributed by atoms with E-state index in [9.17, 15) is 15.3 Å². The van der Waals surface area contributed by atoms with Crippen LogP contribution < -0.4 is 0 Å². The first-order valence-electron chi connectivity index (χ1n) is 9.50. The molecule has 0 bridgehead atoms. The van der Waals surface area contributed by atoms with Crippen molar-refractivity contribution in [2.75, 3.05) is 0 Å². The zero-order chi connectivity index (χ0) is 16.6. The Hall–Kier alpha value is -0.380. The van der Waals surface area contributed by atoms with Crippen LogP contribution in [-0.2, 0) is 0 Å². The molecule has 23 heavy (non-hydrogen) atoms. The first-order valence-corrected chi connectivity index (χ1v) is 9.50. The lowest BCUT2D eigenvalue weighted by molar-refractivity contribution is -0.130. The van der Waals surface area contributed by atoms with Gasteiger partial charge in [0.1, 0.15) is 0 Å². The van der Waals surface area contributed by atoms with Gasteiger partial charge in [-0.25, -0.2) is 0 Å².